The van der Waals surface area contributed by atoms with E-state index >= 15 is 0 Å². The van der Waals surface area contributed by atoms with Crippen molar-refractivity contribution >= 4 is 11.8 Å². The summed E-state index contributed by atoms with van der Waals surface area (Å²) in [5, 5.41) is 4.39. The molecule has 0 aromatic carbocycles. The monoisotopic (exact) mass is 317 g/mol. The molecule has 0 aliphatic rings. The maximum atomic E-state index is 12.2. The van der Waals surface area contributed by atoms with E-state index in [0.717, 1.165) is 5.69 Å². The number of carbonyl (C=O) groups excluding carboxylic acids is 2. The Morgan fingerprint density at radius 2 is 1.87 bits per heavy atom. The Morgan fingerprint density at radius 3 is 2.35 bits per heavy atom. The fourth-order valence-electron chi connectivity index (χ4n) is 2.17. The minimum absolute atomic E-state index is 0.231. The van der Waals surface area contributed by atoms with Crippen molar-refractivity contribution in [2.75, 3.05) is 0 Å². The maximum absolute atomic E-state index is 12.2. The second-order valence-electron chi connectivity index (χ2n) is 6.68. The molecular weight excluding hydrogens is 294 g/mol. The van der Waals surface area contributed by atoms with Gasteiger partial charge >= 0.3 is 0 Å². The number of hydrazine groups is 1. The topological polar surface area (TPSA) is 91.8 Å². The second kappa shape index (κ2) is 6.28. The van der Waals surface area contributed by atoms with E-state index in [0.29, 0.717) is 5.69 Å². The molecule has 0 spiro atoms. The highest BCUT2D eigenvalue weighted by Crippen LogP contribution is 2.23. The third kappa shape index (κ3) is 3.80. The summed E-state index contributed by atoms with van der Waals surface area (Å²) in [7, 11) is 0. The van der Waals surface area contributed by atoms with E-state index in [9.17, 15) is 9.59 Å². The van der Waals surface area contributed by atoms with Crippen molar-refractivity contribution in [2.45, 2.75) is 46.1 Å². The molecule has 7 nitrogen and oxygen atoms in total. The molecule has 0 fully saturated rings. The van der Waals surface area contributed by atoms with Crippen LogP contribution < -0.4 is 10.9 Å². The molecule has 0 radical (unpaired) electrons. The number of amides is 2. The molecule has 2 heterocycles. The van der Waals surface area contributed by atoms with Crippen LogP contribution in [0.3, 0.4) is 0 Å². The van der Waals surface area contributed by atoms with E-state index < -0.39 is 11.8 Å². The van der Waals surface area contributed by atoms with E-state index in [2.05, 4.69) is 20.9 Å². The summed E-state index contributed by atoms with van der Waals surface area (Å²) in [4.78, 5) is 26.8. The quantitative estimate of drug-likeness (QED) is 0.758. The van der Waals surface area contributed by atoms with E-state index in [1.54, 1.807) is 24.4 Å². The standard InChI is InChI=1S/C16H23N5O2/c1-10(2)13-9-12(20-21(13)16(3,4)5)15(23)19-18-14(22)11-7-6-8-17-11/h6-10,17H,1-5H3,(H,18,22)(H,19,23). The first-order valence-electron chi connectivity index (χ1n) is 7.54. The lowest BCUT2D eigenvalue weighted by Gasteiger charge is -2.23. The van der Waals surface area contributed by atoms with Gasteiger partial charge in [-0.15, -0.1) is 0 Å². The summed E-state index contributed by atoms with van der Waals surface area (Å²) in [5.74, 6) is -0.630. The predicted octanol–water partition coefficient (Wildman–Crippen LogP) is 2.16. The van der Waals surface area contributed by atoms with Gasteiger partial charge in [0.05, 0.1) is 5.54 Å². The summed E-state index contributed by atoms with van der Waals surface area (Å²) in [6, 6.07) is 5.08. The van der Waals surface area contributed by atoms with Crippen LogP contribution in [-0.4, -0.2) is 26.6 Å². The molecule has 0 aliphatic heterocycles. The molecule has 23 heavy (non-hydrogen) atoms. The van der Waals surface area contributed by atoms with Crippen molar-refractivity contribution < 1.29 is 9.59 Å². The highest BCUT2D eigenvalue weighted by Gasteiger charge is 2.23. The fourth-order valence-corrected chi connectivity index (χ4v) is 2.17. The number of aromatic amines is 1. The van der Waals surface area contributed by atoms with Gasteiger partial charge in [0.25, 0.3) is 11.8 Å². The lowest BCUT2D eigenvalue weighted by Crippen LogP contribution is -2.42. The minimum Gasteiger partial charge on any atom is -0.357 e. The summed E-state index contributed by atoms with van der Waals surface area (Å²) in [5.41, 5.74) is 6.13. The normalized spacial score (nSPS) is 11.6. The Labute approximate surface area is 135 Å². The number of carbonyl (C=O) groups is 2. The van der Waals surface area contributed by atoms with E-state index in [4.69, 9.17) is 0 Å². The Morgan fingerprint density at radius 1 is 1.22 bits per heavy atom. The molecule has 7 heteroatoms. The van der Waals surface area contributed by atoms with Crippen molar-refractivity contribution in [2.24, 2.45) is 0 Å². The van der Waals surface area contributed by atoms with Gasteiger partial charge in [0.15, 0.2) is 5.69 Å². The van der Waals surface area contributed by atoms with Crippen LogP contribution in [0.15, 0.2) is 24.4 Å². The van der Waals surface area contributed by atoms with Crippen LogP contribution in [0.2, 0.25) is 0 Å². The average molecular weight is 317 g/mol. The van der Waals surface area contributed by atoms with Gasteiger partial charge < -0.3 is 4.98 Å². The first-order chi connectivity index (χ1) is 10.7. The molecule has 0 aliphatic carbocycles. The van der Waals surface area contributed by atoms with Crippen molar-refractivity contribution in [3.05, 3.63) is 41.5 Å². The fraction of sp³-hybridized carbons (Fsp3) is 0.438. The number of hydrogen-bond donors (Lipinski definition) is 3. The van der Waals surface area contributed by atoms with Crippen LogP contribution in [0, 0.1) is 0 Å². The van der Waals surface area contributed by atoms with Crippen LogP contribution in [0.25, 0.3) is 0 Å². The Bertz CT molecular complexity index is 693. The summed E-state index contributed by atoms with van der Waals surface area (Å²) >= 11 is 0. The zero-order valence-electron chi connectivity index (χ0n) is 14.1. The molecule has 0 saturated carbocycles. The molecule has 124 valence electrons. The summed E-state index contributed by atoms with van der Waals surface area (Å²) in [6.07, 6.45) is 1.64. The third-order valence-electron chi connectivity index (χ3n) is 3.33. The zero-order chi connectivity index (χ0) is 17.2. The van der Waals surface area contributed by atoms with Crippen molar-refractivity contribution in [1.82, 2.24) is 25.6 Å². The number of hydrogen-bond acceptors (Lipinski definition) is 3. The van der Waals surface area contributed by atoms with Gasteiger partial charge in [-0.25, -0.2) is 0 Å². The van der Waals surface area contributed by atoms with Crippen LogP contribution in [0.1, 0.15) is 67.2 Å². The van der Waals surface area contributed by atoms with Crippen LogP contribution in [-0.2, 0) is 5.54 Å². The molecule has 0 unspecified atom stereocenters. The number of nitrogens with zero attached hydrogens (tertiary/aromatic N) is 2. The zero-order valence-corrected chi connectivity index (χ0v) is 14.1. The number of H-pyrrole nitrogens is 1. The SMILES string of the molecule is CC(C)c1cc(C(=O)NNC(=O)c2ccc[nH]2)nn1C(C)(C)C. The van der Waals surface area contributed by atoms with Crippen LogP contribution in [0.5, 0.6) is 0 Å². The van der Waals surface area contributed by atoms with Crippen molar-refractivity contribution in [1.29, 1.82) is 0 Å². The summed E-state index contributed by atoms with van der Waals surface area (Å²) < 4.78 is 1.85. The largest absolute Gasteiger partial charge is 0.357 e. The Balaban J connectivity index is 2.12. The van der Waals surface area contributed by atoms with E-state index in [1.807, 2.05) is 39.3 Å². The smallest absolute Gasteiger partial charge is 0.290 e. The Kier molecular flexibility index (Phi) is 4.58. The van der Waals surface area contributed by atoms with E-state index in [-0.39, 0.29) is 17.2 Å². The van der Waals surface area contributed by atoms with Gasteiger partial charge in [-0.2, -0.15) is 5.10 Å². The molecule has 0 atom stereocenters. The van der Waals surface area contributed by atoms with Crippen LogP contribution >= 0.6 is 0 Å². The average Bonchev–Trinajstić information content (AvgIpc) is 3.11. The van der Waals surface area contributed by atoms with Gasteiger partial charge in [-0.3, -0.25) is 25.1 Å². The number of aromatic nitrogens is 3. The molecule has 2 aromatic heterocycles. The predicted molar refractivity (Wildman–Crippen MR) is 87.0 cm³/mol. The van der Waals surface area contributed by atoms with Gasteiger partial charge in [-0.1, -0.05) is 13.8 Å². The molecule has 0 bridgehead atoms. The molecule has 2 amide bonds. The first-order valence-corrected chi connectivity index (χ1v) is 7.54. The minimum atomic E-state index is -0.449. The molecule has 2 aromatic rings. The maximum Gasteiger partial charge on any atom is 0.290 e. The van der Waals surface area contributed by atoms with Gasteiger partial charge in [0.1, 0.15) is 5.69 Å². The molecule has 2 rings (SSSR count). The Hall–Kier alpha value is -2.57. The van der Waals surface area contributed by atoms with Crippen molar-refractivity contribution in [3.63, 3.8) is 0 Å². The lowest BCUT2D eigenvalue weighted by atomic mass is 10.1. The van der Waals surface area contributed by atoms with Crippen molar-refractivity contribution in [3.8, 4) is 0 Å². The van der Waals surface area contributed by atoms with E-state index in [1.165, 1.54) is 0 Å². The van der Waals surface area contributed by atoms with Crippen LogP contribution in [0.4, 0.5) is 0 Å². The third-order valence-corrected chi connectivity index (χ3v) is 3.33. The first kappa shape index (κ1) is 16.8. The molecule has 3 N–H and O–H groups in total. The number of rotatable bonds is 3. The highest BCUT2D eigenvalue weighted by atomic mass is 16.2. The van der Waals surface area contributed by atoms with Gasteiger partial charge in [0, 0.05) is 11.9 Å². The number of nitrogens with one attached hydrogen (secondary N) is 3. The highest BCUT2D eigenvalue weighted by molar-refractivity contribution is 5.97. The molecular formula is C16H23N5O2. The summed E-state index contributed by atoms with van der Waals surface area (Å²) in [6.45, 7) is 10.2. The lowest BCUT2D eigenvalue weighted by molar-refractivity contribution is 0.0840. The molecule has 0 saturated heterocycles. The second-order valence-corrected chi connectivity index (χ2v) is 6.68. The van der Waals surface area contributed by atoms with Gasteiger partial charge in [0.2, 0.25) is 0 Å². The van der Waals surface area contributed by atoms with Gasteiger partial charge in [-0.05, 0) is 44.9 Å².